The third kappa shape index (κ3) is 1.23. The molecule has 0 fully saturated rings. The van der Waals surface area contributed by atoms with E-state index in [-0.39, 0.29) is 5.69 Å². The summed E-state index contributed by atoms with van der Waals surface area (Å²) in [6.45, 7) is 3.78. The van der Waals surface area contributed by atoms with E-state index >= 15 is 0 Å². The van der Waals surface area contributed by atoms with Gasteiger partial charge in [0, 0.05) is 5.69 Å². The van der Waals surface area contributed by atoms with Crippen LogP contribution in [0.3, 0.4) is 0 Å². The summed E-state index contributed by atoms with van der Waals surface area (Å²) in [6, 6.07) is 3.61. The molecule has 0 saturated heterocycles. The van der Waals surface area contributed by atoms with Crippen molar-refractivity contribution < 1.29 is 0 Å². The molecule has 0 aliphatic heterocycles. The van der Waals surface area contributed by atoms with Gasteiger partial charge >= 0.3 is 5.56 Å². The molecule has 3 aromatic heterocycles. The molecular formula is C11H8N6O. The van der Waals surface area contributed by atoms with Crippen molar-refractivity contribution in [2.24, 2.45) is 0 Å². The number of rotatable bonds is 0. The standard InChI is InChI=1S/C11H8N6O/c1-5-3-6(2)13-9-8(5)10-15-14-7(4-12)11(18)17(10)16-9/h3H,1-2H3,(H,13,16). The van der Waals surface area contributed by atoms with Crippen LogP contribution in [-0.2, 0) is 0 Å². The van der Waals surface area contributed by atoms with Crippen LogP contribution in [0, 0.1) is 25.2 Å². The second-order valence-electron chi connectivity index (χ2n) is 4.04. The molecule has 88 valence electrons. The number of hydrogen-bond acceptors (Lipinski definition) is 5. The summed E-state index contributed by atoms with van der Waals surface area (Å²) < 4.78 is 1.20. The Hall–Kier alpha value is -2.75. The van der Waals surface area contributed by atoms with Gasteiger partial charge in [0.05, 0.1) is 5.39 Å². The lowest BCUT2D eigenvalue weighted by atomic mass is 10.2. The Kier molecular flexibility index (Phi) is 1.95. The molecule has 3 aromatic rings. The van der Waals surface area contributed by atoms with E-state index in [1.807, 2.05) is 19.9 Å². The van der Waals surface area contributed by atoms with Crippen molar-refractivity contribution in [3.8, 4) is 6.07 Å². The number of nitrogens with zero attached hydrogens (tertiary/aromatic N) is 5. The molecule has 7 heteroatoms. The third-order valence-corrected chi connectivity index (χ3v) is 2.75. The van der Waals surface area contributed by atoms with Gasteiger partial charge in [0.25, 0.3) is 0 Å². The van der Waals surface area contributed by atoms with Crippen molar-refractivity contribution in [1.82, 2.24) is 24.8 Å². The average Bonchev–Trinajstić information content (AvgIpc) is 2.69. The van der Waals surface area contributed by atoms with E-state index in [0.717, 1.165) is 16.6 Å². The molecule has 3 heterocycles. The molecular weight excluding hydrogens is 232 g/mol. The fourth-order valence-corrected chi connectivity index (χ4v) is 2.03. The van der Waals surface area contributed by atoms with Gasteiger partial charge in [-0.3, -0.25) is 9.89 Å². The van der Waals surface area contributed by atoms with Crippen molar-refractivity contribution in [2.75, 3.05) is 0 Å². The summed E-state index contributed by atoms with van der Waals surface area (Å²) in [4.78, 5) is 16.2. The fraction of sp³-hybridized carbons (Fsp3) is 0.182. The fourth-order valence-electron chi connectivity index (χ4n) is 2.03. The van der Waals surface area contributed by atoms with E-state index in [0.29, 0.717) is 11.3 Å². The van der Waals surface area contributed by atoms with Crippen LogP contribution < -0.4 is 5.56 Å². The van der Waals surface area contributed by atoms with E-state index in [4.69, 9.17) is 5.26 Å². The Morgan fingerprint density at radius 2 is 2.17 bits per heavy atom. The zero-order valence-electron chi connectivity index (χ0n) is 9.72. The minimum absolute atomic E-state index is 0.242. The molecule has 0 atom stereocenters. The van der Waals surface area contributed by atoms with Crippen molar-refractivity contribution in [1.29, 1.82) is 5.26 Å². The van der Waals surface area contributed by atoms with Crippen LogP contribution in [0.15, 0.2) is 10.9 Å². The Morgan fingerprint density at radius 3 is 2.89 bits per heavy atom. The van der Waals surface area contributed by atoms with Crippen LogP contribution in [0.1, 0.15) is 17.0 Å². The number of aromatic nitrogens is 5. The number of aryl methyl sites for hydroxylation is 2. The molecule has 0 bridgehead atoms. The highest BCUT2D eigenvalue weighted by atomic mass is 16.1. The minimum atomic E-state index is -0.516. The monoisotopic (exact) mass is 240 g/mol. The first-order valence-electron chi connectivity index (χ1n) is 5.27. The molecule has 0 amide bonds. The Labute approximate surface area is 101 Å². The van der Waals surface area contributed by atoms with Gasteiger partial charge in [-0.2, -0.15) is 9.78 Å². The number of fused-ring (bicyclic) bond motifs is 3. The van der Waals surface area contributed by atoms with Crippen LogP contribution in [-0.4, -0.2) is 24.8 Å². The Morgan fingerprint density at radius 1 is 1.39 bits per heavy atom. The molecule has 0 radical (unpaired) electrons. The van der Waals surface area contributed by atoms with Crippen LogP contribution in [0.4, 0.5) is 0 Å². The molecule has 18 heavy (non-hydrogen) atoms. The van der Waals surface area contributed by atoms with Gasteiger partial charge in [-0.1, -0.05) is 0 Å². The number of H-pyrrole nitrogens is 1. The highest BCUT2D eigenvalue weighted by Gasteiger charge is 2.14. The first-order chi connectivity index (χ1) is 8.61. The molecule has 0 aromatic carbocycles. The van der Waals surface area contributed by atoms with Crippen molar-refractivity contribution in [3.63, 3.8) is 0 Å². The molecule has 0 unspecified atom stereocenters. The lowest BCUT2D eigenvalue weighted by molar-refractivity contribution is 0.846. The second-order valence-corrected chi connectivity index (χ2v) is 4.04. The van der Waals surface area contributed by atoms with Crippen LogP contribution in [0.5, 0.6) is 0 Å². The highest BCUT2D eigenvalue weighted by Crippen LogP contribution is 2.19. The zero-order valence-corrected chi connectivity index (χ0v) is 9.72. The molecule has 3 rings (SSSR count). The first-order valence-corrected chi connectivity index (χ1v) is 5.27. The van der Waals surface area contributed by atoms with E-state index in [1.165, 1.54) is 4.52 Å². The quantitative estimate of drug-likeness (QED) is 0.615. The summed E-state index contributed by atoms with van der Waals surface area (Å²) in [5.41, 5.74) is 1.99. The maximum atomic E-state index is 11.9. The normalized spacial score (nSPS) is 10.9. The largest absolute Gasteiger partial charge is 0.309 e. The van der Waals surface area contributed by atoms with Crippen LogP contribution in [0.25, 0.3) is 16.7 Å². The van der Waals surface area contributed by atoms with Gasteiger partial charge in [-0.15, -0.1) is 10.2 Å². The molecule has 0 aliphatic carbocycles. The summed E-state index contributed by atoms with van der Waals surface area (Å²) in [5, 5.41) is 19.9. The van der Waals surface area contributed by atoms with Crippen molar-refractivity contribution in [3.05, 3.63) is 33.4 Å². The second kappa shape index (κ2) is 3.37. The lowest BCUT2D eigenvalue weighted by Gasteiger charge is -1.96. The number of nitrogens with one attached hydrogen (secondary N) is 1. The Bertz CT molecular complexity index is 882. The predicted octanol–water partition coefficient (Wildman–Crippen LogP) is 0.454. The van der Waals surface area contributed by atoms with Crippen LogP contribution in [0.2, 0.25) is 0 Å². The van der Waals surface area contributed by atoms with Crippen molar-refractivity contribution >= 4 is 16.7 Å². The summed E-state index contributed by atoms with van der Waals surface area (Å²) in [7, 11) is 0. The zero-order chi connectivity index (χ0) is 12.9. The van der Waals surface area contributed by atoms with E-state index < -0.39 is 5.56 Å². The number of hydrogen-bond donors (Lipinski definition) is 1. The van der Waals surface area contributed by atoms with E-state index in [9.17, 15) is 4.79 Å². The molecule has 0 aliphatic rings. The van der Waals surface area contributed by atoms with Gasteiger partial charge in [-0.05, 0) is 25.5 Å². The summed E-state index contributed by atoms with van der Waals surface area (Å²) in [6.07, 6.45) is 0. The van der Waals surface area contributed by atoms with Gasteiger partial charge < -0.3 is 0 Å². The molecule has 7 nitrogen and oxygen atoms in total. The third-order valence-electron chi connectivity index (χ3n) is 2.75. The van der Waals surface area contributed by atoms with Gasteiger partial charge in [0.1, 0.15) is 6.07 Å². The van der Waals surface area contributed by atoms with Gasteiger partial charge in [0.15, 0.2) is 11.3 Å². The number of nitriles is 1. The van der Waals surface area contributed by atoms with E-state index in [2.05, 4.69) is 20.3 Å². The topological polar surface area (TPSA) is 99.7 Å². The lowest BCUT2D eigenvalue weighted by Crippen LogP contribution is -2.20. The highest BCUT2D eigenvalue weighted by molar-refractivity contribution is 5.92. The SMILES string of the molecule is Cc1cc(C)c2c(n1)[nH]n1c(=O)c(C#N)nnc21. The molecule has 0 saturated carbocycles. The number of aromatic amines is 1. The van der Waals surface area contributed by atoms with Crippen LogP contribution >= 0.6 is 0 Å². The van der Waals surface area contributed by atoms with E-state index in [1.54, 1.807) is 6.07 Å². The maximum absolute atomic E-state index is 11.9. The number of pyridine rings is 1. The first kappa shape index (κ1) is 10.4. The Balaban J connectivity index is 2.61. The predicted molar refractivity (Wildman–Crippen MR) is 63.1 cm³/mol. The summed E-state index contributed by atoms with van der Waals surface area (Å²) >= 11 is 0. The van der Waals surface area contributed by atoms with Gasteiger partial charge in [-0.25, -0.2) is 4.98 Å². The average molecular weight is 240 g/mol. The van der Waals surface area contributed by atoms with Crippen molar-refractivity contribution in [2.45, 2.75) is 13.8 Å². The summed E-state index contributed by atoms with van der Waals surface area (Å²) in [5.74, 6) is 0. The molecule has 0 spiro atoms. The minimum Gasteiger partial charge on any atom is -0.272 e. The molecule has 1 N–H and O–H groups in total. The maximum Gasteiger partial charge on any atom is 0.309 e. The van der Waals surface area contributed by atoms with Gasteiger partial charge in [0.2, 0.25) is 5.69 Å². The smallest absolute Gasteiger partial charge is 0.272 e.